The Kier molecular flexibility index (Phi) is 6.18. The quantitative estimate of drug-likeness (QED) is 0.639. The van der Waals surface area contributed by atoms with Crippen LogP contribution in [0.3, 0.4) is 0 Å². The molecule has 0 aromatic rings. The molecule has 19 heavy (non-hydrogen) atoms. The van der Waals surface area contributed by atoms with E-state index in [0.717, 1.165) is 0 Å². The molecule has 1 heterocycles. The molecular formula is C11H23N3O4S. The molecule has 0 radical (unpaired) electrons. The number of methoxy groups -OCH3 is 1. The smallest absolute Gasteiger partial charge is 0.308 e. The fourth-order valence-electron chi connectivity index (χ4n) is 2.01. The number of hydrogen-bond donors (Lipinski definition) is 2. The molecule has 1 atom stereocenters. The summed E-state index contributed by atoms with van der Waals surface area (Å²) >= 11 is 0. The van der Waals surface area contributed by atoms with Crippen LogP contribution in [0.15, 0.2) is 0 Å². The van der Waals surface area contributed by atoms with Crippen LogP contribution in [-0.4, -0.2) is 51.5 Å². The van der Waals surface area contributed by atoms with Crippen LogP contribution in [0.5, 0.6) is 0 Å². The Morgan fingerprint density at radius 2 is 2.05 bits per heavy atom. The summed E-state index contributed by atoms with van der Waals surface area (Å²) in [5.41, 5.74) is 5.57. The highest BCUT2D eigenvalue weighted by Crippen LogP contribution is 2.20. The van der Waals surface area contributed by atoms with Crippen LogP contribution < -0.4 is 10.5 Å². The maximum Gasteiger partial charge on any atom is 0.308 e. The van der Waals surface area contributed by atoms with Crippen molar-refractivity contribution < 1.29 is 17.9 Å². The first-order valence-corrected chi connectivity index (χ1v) is 7.89. The van der Waals surface area contributed by atoms with Gasteiger partial charge in [0.2, 0.25) is 0 Å². The summed E-state index contributed by atoms with van der Waals surface area (Å²) in [7, 11) is -2.11. The predicted molar refractivity (Wildman–Crippen MR) is 71.5 cm³/mol. The van der Waals surface area contributed by atoms with E-state index in [-0.39, 0.29) is 17.9 Å². The minimum Gasteiger partial charge on any atom is -0.469 e. The molecule has 0 aliphatic carbocycles. The molecule has 8 heteroatoms. The lowest BCUT2D eigenvalue weighted by molar-refractivity contribution is -0.146. The van der Waals surface area contributed by atoms with Gasteiger partial charge in [-0.15, -0.1) is 0 Å². The number of nitrogens with zero attached hydrogens (tertiary/aromatic N) is 1. The summed E-state index contributed by atoms with van der Waals surface area (Å²) in [6.45, 7) is 2.84. The van der Waals surface area contributed by atoms with Crippen LogP contribution in [0.4, 0.5) is 0 Å². The number of piperidine rings is 1. The normalized spacial score (nSPS) is 20.2. The molecule has 1 aliphatic rings. The van der Waals surface area contributed by atoms with Crippen molar-refractivity contribution in [2.45, 2.75) is 32.2 Å². The second-order valence-corrected chi connectivity index (χ2v) is 6.62. The average molecular weight is 293 g/mol. The zero-order chi connectivity index (χ0) is 14.5. The van der Waals surface area contributed by atoms with Gasteiger partial charge in [-0.3, -0.25) is 4.79 Å². The van der Waals surface area contributed by atoms with Crippen molar-refractivity contribution in [3.8, 4) is 0 Å². The molecule has 0 spiro atoms. The summed E-state index contributed by atoms with van der Waals surface area (Å²) in [5.74, 6) is -0.456. The Hall–Kier alpha value is -0.700. The molecule has 7 nitrogen and oxygen atoms in total. The third-order valence-corrected chi connectivity index (χ3v) is 4.83. The van der Waals surface area contributed by atoms with Gasteiger partial charge in [0.1, 0.15) is 0 Å². The van der Waals surface area contributed by atoms with E-state index in [4.69, 9.17) is 5.73 Å². The largest absolute Gasteiger partial charge is 0.469 e. The minimum atomic E-state index is -3.46. The minimum absolute atomic E-state index is 0.0345. The van der Waals surface area contributed by atoms with Crippen LogP contribution in [0, 0.1) is 5.92 Å². The fraction of sp³-hybridized carbons (Fsp3) is 0.909. The van der Waals surface area contributed by atoms with Gasteiger partial charge in [0.25, 0.3) is 10.2 Å². The average Bonchev–Trinajstić information content (AvgIpc) is 2.37. The van der Waals surface area contributed by atoms with Crippen LogP contribution in [-0.2, 0) is 19.7 Å². The highest BCUT2D eigenvalue weighted by atomic mass is 32.2. The summed E-state index contributed by atoms with van der Waals surface area (Å²) < 4.78 is 32.5. The highest BCUT2D eigenvalue weighted by Gasteiger charge is 2.31. The lowest BCUT2D eigenvalue weighted by atomic mass is 9.99. The summed E-state index contributed by atoms with van der Waals surface area (Å²) in [6.07, 6.45) is 1.60. The number of carbonyl (C=O) groups excluding carboxylic acids is 1. The van der Waals surface area contributed by atoms with Crippen LogP contribution >= 0.6 is 0 Å². The van der Waals surface area contributed by atoms with Crippen LogP contribution in [0.25, 0.3) is 0 Å². The molecule has 1 rings (SSSR count). The highest BCUT2D eigenvalue weighted by molar-refractivity contribution is 7.87. The molecule has 0 aromatic carbocycles. The molecule has 0 saturated carbocycles. The Morgan fingerprint density at radius 1 is 1.47 bits per heavy atom. The van der Waals surface area contributed by atoms with E-state index >= 15 is 0 Å². The van der Waals surface area contributed by atoms with E-state index in [2.05, 4.69) is 9.46 Å². The number of esters is 1. The molecule has 1 unspecified atom stereocenters. The van der Waals surface area contributed by atoms with Crippen molar-refractivity contribution in [2.24, 2.45) is 11.7 Å². The van der Waals surface area contributed by atoms with E-state index in [1.807, 2.05) is 6.92 Å². The number of nitrogens with one attached hydrogen (secondary N) is 1. The van der Waals surface area contributed by atoms with Gasteiger partial charge in [0.05, 0.1) is 13.0 Å². The number of nitrogens with two attached hydrogens (primary N) is 1. The Bertz CT molecular complexity index is 389. The van der Waals surface area contributed by atoms with E-state index in [9.17, 15) is 13.2 Å². The first kappa shape index (κ1) is 16.4. The van der Waals surface area contributed by atoms with Gasteiger partial charge in [-0.2, -0.15) is 12.7 Å². The monoisotopic (exact) mass is 293 g/mol. The predicted octanol–water partition coefficient (Wildman–Crippen LogP) is -0.557. The van der Waals surface area contributed by atoms with Gasteiger partial charge >= 0.3 is 5.97 Å². The lowest BCUT2D eigenvalue weighted by Gasteiger charge is -2.29. The summed E-state index contributed by atoms with van der Waals surface area (Å²) in [5, 5.41) is 0. The lowest BCUT2D eigenvalue weighted by Crippen LogP contribution is -2.46. The standard InChI is InChI=1S/C11H23N3O4S/c1-9(12)3-6-13-19(16,17)14-7-4-10(5-8-14)11(15)18-2/h9-10,13H,3-8,12H2,1-2H3. The zero-order valence-corrected chi connectivity index (χ0v) is 12.3. The van der Waals surface area contributed by atoms with Crippen molar-refractivity contribution in [2.75, 3.05) is 26.7 Å². The van der Waals surface area contributed by atoms with Gasteiger partial charge in [-0.05, 0) is 26.2 Å². The molecule has 1 aliphatic heterocycles. The van der Waals surface area contributed by atoms with E-state index in [1.165, 1.54) is 11.4 Å². The Labute approximate surface area is 114 Å². The second-order valence-electron chi connectivity index (χ2n) is 4.86. The maximum atomic E-state index is 12.0. The number of hydrogen-bond acceptors (Lipinski definition) is 5. The summed E-state index contributed by atoms with van der Waals surface area (Å²) in [4.78, 5) is 11.4. The van der Waals surface area contributed by atoms with Crippen molar-refractivity contribution in [1.82, 2.24) is 9.03 Å². The zero-order valence-electron chi connectivity index (χ0n) is 11.5. The molecular weight excluding hydrogens is 270 g/mol. The Morgan fingerprint density at radius 3 is 2.53 bits per heavy atom. The molecule has 0 amide bonds. The molecule has 3 N–H and O–H groups in total. The topological polar surface area (TPSA) is 102 Å². The van der Waals surface area contributed by atoms with E-state index < -0.39 is 10.2 Å². The van der Waals surface area contributed by atoms with Gasteiger partial charge in [0, 0.05) is 25.7 Å². The van der Waals surface area contributed by atoms with E-state index in [0.29, 0.717) is 38.9 Å². The molecule has 112 valence electrons. The first-order chi connectivity index (χ1) is 8.86. The van der Waals surface area contributed by atoms with Crippen LogP contribution in [0.1, 0.15) is 26.2 Å². The number of rotatable bonds is 6. The van der Waals surface area contributed by atoms with Gasteiger partial charge < -0.3 is 10.5 Å². The maximum absolute atomic E-state index is 12.0. The Balaban J connectivity index is 2.43. The van der Waals surface area contributed by atoms with Crippen molar-refractivity contribution in [3.05, 3.63) is 0 Å². The van der Waals surface area contributed by atoms with E-state index in [1.54, 1.807) is 0 Å². The molecule has 1 fully saturated rings. The van der Waals surface area contributed by atoms with Crippen molar-refractivity contribution in [1.29, 1.82) is 0 Å². The SMILES string of the molecule is COC(=O)C1CCN(S(=O)(=O)NCCC(C)N)CC1. The van der Waals surface area contributed by atoms with Crippen molar-refractivity contribution in [3.63, 3.8) is 0 Å². The van der Waals surface area contributed by atoms with Gasteiger partial charge in [-0.1, -0.05) is 0 Å². The number of carbonyl (C=O) groups is 1. The van der Waals surface area contributed by atoms with Gasteiger partial charge in [-0.25, -0.2) is 4.72 Å². The third-order valence-electron chi connectivity index (χ3n) is 3.21. The number of ether oxygens (including phenoxy) is 1. The third kappa shape index (κ3) is 5.06. The van der Waals surface area contributed by atoms with Gasteiger partial charge in [0.15, 0.2) is 0 Å². The molecule has 0 aromatic heterocycles. The molecule has 0 bridgehead atoms. The second kappa shape index (κ2) is 7.18. The first-order valence-electron chi connectivity index (χ1n) is 6.45. The summed E-state index contributed by atoms with van der Waals surface area (Å²) in [6, 6.07) is -0.0345. The van der Waals surface area contributed by atoms with Crippen molar-refractivity contribution >= 4 is 16.2 Å². The molecule has 1 saturated heterocycles. The van der Waals surface area contributed by atoms with Crippen LogP contribution in [0.2, 0.25) is 0 Å². The fourth-order valence-corrected chi connectivity index (χ4v) is 3.26.